The third-order valence-corrected chi connectivity index (χ3v) is 2.09. The van der Waals surface area contributed by atoms with E-state index in [0.29, 0.717) is 11.4 Å². The van der Waals surface area contributed by atoms with Gasteiger partial charge in [-0.2, -0.15) is 0 Å². The van der Waals surface area contributed by atoms with Crippen molar-refractivity contribution in [3.8, 4) is 5.75 Å². The van der Waals surface area contributed by atoms with Gasteiger partial charge >= 0.3 is 0 Å². The highest BCUT2D eigenvalue weighted by molar-refractivity contribution is 5.41. The van der Waals surface area contributed by atoms with Crippen LogP contribution in [0.3, 0.4) is 0 Å². The Morgan fingerprint density at radius 3 is 2.27 bits per heavy atom. The first-order valence-corrected chi connectivity index (χ1v) is 4.91. The van der Waals surface area contributed by atoms with Gasteiger partial charge in [-0.1, -0.05) is 0 Å². The van der Waals surface area contributed by atoms with Gasteiger partial charge in [0.1, 0.15) is 5.75 Å². The molecular formula is C11H18N2O2. The third kappa shape index (κ3) is 3.77. The number of hydrogen-bond acceptors (Lipinski definition) is 3. The number of nitrogens with one attached hydrogen (secondary N) is 1. The Morgan fingerprint density at radius 1 is 1.27 bits per heavy atom. The molecule has 1 aromatic carbocycles. The maximum atomic E-state index is 11.6. The smallest absolute Gasteiger partial charge is 0.222 e. The standard InChI is InChI=1S/C11H18N2O2/c1-11(2,3)13(14)8-15-10-6-4-9(12)5-7-10/h4-7,13H,8,12H2,1-3H3. The van der Waals surface area contributed by atoms with Crippen molar-refractivity contribution < 1.29 is 9.80 Å². The van der Waals surface area contributed by atoms with E-state index < -0.39 is 0 Å². The molecule has 84 valence electrons. The maximum Gasteiger partial charge on any atom is 0.222 e. The molecule has 0 saturated heterocycles. The molecule has 0 aliphatic heterocycles. The normalized spacial score (nSPS) is 13.6. The fourth-order valence-electron chi connectivity index (χ4n) is 0.929. The average Bonchev–Trinajstić information content (AvgIpc) is 2.15. The molecule has 0 saturated carbocycles. The minimum Gasteiger partial charge on any atom is -0.631 e. The quantitative estimate of drug-likeness (QED) is 0.440. The summed E-state index contributed by atoms with van der Waals surface area (Å²) in [6.07, 6.45) is 0. The minimum atomic E-state index is -0.353. The molecule has 0 aliphatic carbocycles. The molecule has 3 N–H and O–H groups in total. The summed E-state index contributed by atoms with van der Waals surface area (Å²) in [6.45, 7) is 5.73. The molecule has 0 bridgehead atoms. The number of rotatable bonds is 3. The van der Waals surface area contributed by atoms with Crippen LogP contribution < -0.4 is 15.5 Å². The lowest BCUT2D eigenvalue weighted by Gasteiger charge is -2.34. The van der Waals surface area contributed by atoms with Crippen molar-refractivity contribution in [1.29, 1.82) is 0 Å². The summed E-state index contributed by atoms with van der Waals surface area (Å²) in [5.74, 6) is 0.668. The van der Waals surface area contributed by atoms with Crippen molar-refractivity contribution in [2.24, 2.45) is 0 Å². The third-order valence-electron chi connectivity index (χ3n) is 2.09. The molecule has 0 heterocycles. The van der Waals surface area contributed by atoms with Gasteiger partial charge < -0.3 is 20.7 Å². The van der Waals surface area contributed by atoms with Crippen molar-refractivity contribution in [3.05, 3.63) is 29.5 Å². The molecule has 4 heteroatoms. The zero-order valence-corrected chi connectivity index (χ0v) is 9.41. The van der Waals surface area contributed by atoms with Crippen LogP contribution in [0.5, 0.6) is 5.75 Å². The van der Waals surface area contributed by atoms with Crippen LogP contribution in [0.1, 0.15) is 20.8 Å². The van der Waals surface area contributed by atoms with Crippen LogP contribution in [0.2, 0.25) is 0 Å². The van der Waals surface area contributed by atoms with Crippen LogP contribution in [0.25, 0.3) is 0 Å². The fraction of sp³-hybridized carbons (Fsp3) is 0.455. The van der Waals surface area contributed by atoms with Crippen molar-refractivity contribution >= 4 is 5.69 Å². The number of nitrogen functional groups attached to an aromatic ring is 1. The van der Waals surface area contributed by atoms with Crippen molar-refractivity contribution in [1.82, 2.24) is 0 Å². The Labute approximate surface area is 90.2 Å². The van der Waals surface area contributed by atoms with Crippen LogP contribution in [0, 0.1) is 5.21 Å². The number of ether oxygens (including phenoxy) is 1. The van der Waals surface area contributed by atoms with E-state index >= 15 is 0 Å². The largest absolute Gasteiger partial charge is 0.631 e. The molecule has 1 aromatic rings. The highest BCUT2D eigenvalue weighted by Crippen LogP contribution is 2.12. The summed E-state index contributed by atoms with van der Waals surface area (Å²) < 4.78 is 5.34. The second-order valence-corrected chi connectivity index (χ2v) is 4.53. The Hall–Kier alpha value is -1.26. The van der Waals surface area contributed by atoms with Crippen LogP contribution >= 0.6 is 0 Å². The number of anilines is 1. The second kappa shape index (κ2) is 4.51. The molecule has 0 radical (unpaired) electrons. The van der Waals surface area contributed by atoms with Crippen molar-refractivity contribution in [2.75, 3.05) is 12.5 Å². The first-order valence-electron chi connectivity index (χ1n) is 4.91. The van der Waals surface area contributed by atoms with E-state index in [1.807, 2.05) is 20.8 Å². The lowest BCUT2D eigenvalue weighted by molar-refractivity contribution is -0.913. The molecule has 0 fully saturated rings. The van der Waals surface area contributed by atoms with Gasteiger partial charge in [0.05, 0.1) is 5.54 Å². The Bertz CT molecular complexity index is 303. The molecule has 0 aliphatic rings. The molecule has 0 spiro atoms. The second-order valence-electron chi connectivity index (χ2n) is 4.53. The summed E-state index contributed by atoms with van der Waals surface area (Å²) in [5.41, 5.74) is 5.86. The molecule has 1 rings (SSSR count). The monoisotopic (exact) mass is 210 g/mol. The highest BCUT2D eigenvalue weighted by atomic mass is 16.6. The van der Waals surface area contributed by atoms with Crippen LogP contribution in [0.15, 0.2) is 24.3 Å². The first-order chi connectivity index (χ1) is 6.89. The Kier molecular flexibility index (Phi) is 3.55. The van der Waals surface area contributed by atoms with E-state index in [1.165, 1.54) is 0 Å². The molecule has 1 atom stereocenters. The Morgan fingerprint density at radius 2 is 1.80 bits per heavy atom. The predicted molar refractivity (Wildman–Crippen MR) is 60.4 cm³/mol. The summed E-state index contributed by atoms with van der Waals surface area (Å²) in [4.78, 5) is 0. The van der Waals surface area contributed by atoms with Gasteiger partial charge in [0.15, 0.2) is 0 Å². The van der Waals surface area contributed by atoms with Crippen LogP contribution in [-0.4, -0.2) is 12.3 Å². The highest BCUT2D eigenvalue weighted by Gasteiger charge is 2.17. The number of nitrogens with two attached hydrogens (primary N) is 1. The zero-order chi connectivity index (χ0) is 11.5. The Balaban J connectivity index is 2.47. The lowest BCUT2D eigenvalue weighted by Crippen LogP contribution is -3.15. The molecule has 4 nitrogen and oxygen atoms in total. The van der Waals surface area contributed by atoms with E-state index in [4.69, 9.17) is 10.5 Å². The number of quaternary nitrogens is 1. The maximum absolute atomic E-state index is 11.6. The van der Waals surface area contributed by atoms with Gasteiger partial charge in [0.2, 0.25) is 6.73 Å². The van der Waals surface area contributed by atoms with Gasteiger partial charge in [0, 0.05) is 5.69 Å². The number of hydrogen-bond donors (Lipinski definition) is 2. The summed E-state index contributed by atoms with van der Waals surface area (Å²) in [5, 5.41) is 11.6. The van der Waals surface area contributed by atoms with Gasteiger partial charge in [-0.05, 0) is 45.0 Å². The van der Waals surface area contributed by atoms with Gasteiger partial charge in [-0.25, -0.2) is 0 Å². The summed E-state index contributed by atoms with van der Waals surface area (Å²) in [6, 6.07) is 7.00. The SMILES string of the molecule is CC(C)(C)[NH+]([O-])COc1ccc(N)cc1. The molecule has 0 aromatic heterocycles. The average molecular weight is 210 g/mol. The van der Waals surface area contributed by atoms with Crippen LogP contribution in [-0.2, 0) is 0 Å². The van der Waals surface area contributed by atoms with Crippen LogP contribution in [0.4, 0.5) is 5.69 Å². The topological polar surface area (TPSA) is 62.8 Å². The van der Waals surface area contributed by atoms with E-state index in [0.717, 1.165) is 0 Å². The molecule has 15 heavy (non-hydrogen) atoms. The van der Waals surface area contributed by atoms with Crippen molar-refractivity contribution in [2.45, 2.75) is 26.3 Å². The van der Waals surface area contributed by atoms with Crippen molar-refractivity contribution in [3.63, 3.8) is 0 Å². The van der Waals surface area contributed by atoms with Gasteiger partial charge in [0.25, 0.3) is 0 Å². The number of benzene rings is 1. The number of hydroxylamine groups is 2. The van der Waals surface area contributed by atoms with E-state index in [2.05, 4.69) is 0 Å². The zero-order valence-electron chi connectivity index (χ0n) is 9.41. The molecule has 0 amide bonds. The predicted octanol–water partition coefficient (Wildman–Crippen LogP) is 0.786. The summed E-state index contributed by atoms with van der Waals surface area (Å²) in [7, 11) is 0. The summed E-state index contributed by atoms with van der Waals surface area (Å²) >= 11 is 0. The van der Waals surface area contributed by atoms with E-state index in [9.17, 15) is 5.21 Å². The minimum absolute atomic E-state index is 0.0827. The van der Waals surface area contributed by atoms with Gasteiger partial charge in [-0.15, -0.1) is 0 Å². The first kappa shape index (κ1) is 11.8. The molecular weight excluding hydrogens is 192 g/mol. The van der Waals surface area contributed by atoms with E-state index in [1.54, 1.807) is 24.3 Å². The fourth-order valence-corrected chi connectivity index (χ4v) is 0.929. The van der Waals surface area contributed by atoms with Gasteiger partial charge in [-0.3, -0.25) is 0 Å². The molecule has 1 unspecified atom stereocenters. The lowest BCUT2D eigenvalue weighted by atomic mass is 10.1. The van der Waals surface area contributed by atoms with E-state index in [-0.39, 0.29) is 17.3 Å².